The van der Waals surface area contributed by atoms with Gasteiger partial charge in [0.25, 0.3) is 0 Å². The molecule has 1 unspecified atom stereocenters. The van der Waals surface area contributed by atoms with Crippen LogP contribution in [0.15, 0.2) is 24.3 Å². The zero-order chi connectivity index (χ0) is 16.2. The molecule has 1 aromatic carbocycles. The van der Waals surface area contributed by atoms with Crippen LogP contribution in [-0.2, 0) is 15.8 Å². The van der Waals surface area contributed by atoms with Gasteiger partial charge in [0, 0.05) is 13.5 Å². The highest BCUT2D eigenvalue weighted by molar-refractivity contribution is 5.83. The van der Waals surface area contributed by atoms with E-state index in [1.165, 1.54) is 6.92 Å². The van der Waals surface area contributed by atoms with Crippen LogP contribution in [-0.4, -0.2) is 28.4 Å². The Morgan fingerprint density at radius 1 is 1.24 bits per heavy atom. The van der Waals surface area contributed by atoms with Crippen LogP contribution in [0.4, 0.5) is 13.2 Å². The number of carboxylic acid groups (broad SMARTS) is 1. The molecule has 0 saturated heterocycles. The molecule has 0 bridgehead atoms. The van der Waals surface area contributed by atoms with Crippen molar-refractivity contribution in [3.63, 3.8) is 0 Å². The van der Waals surface area contributed by atoms with Crippen LogP contribution in [0.3, 0.4) is 0 Å². The lowest BCUT2D eigenvalue weighted by Crippen LogP contribution is -2.38. The molecule has 116 valence electrons. The monoisotopic (exact) mass is 303 g/mol. The molecule has 7 heteroatoms. The lowest BCUT2D eigenvalue weighted by molar-refractivity contribution is -0.149. The molecule has 1 atom stereocenters. The molecule has 0 spiro atoms. The van der Waals surface area contributed by atoms with Crippen LogP contribution >= 0.6 is 0 Å². The summed E-state index contributed by atoms with van der Waals surface area (Å²) in [5, 5.41) is 9.29. The quantitative estimate of drug-likeness (QED) is 0.909. The molecule has 0 aliphatic heterocycles. The van der Waals surface area contributed by atoms with Crippen molar-refractivity contribution in [3.8, 4) is 0 Å². The maximum absolute atomic E-state index is 12.5. The molecule has 0 aromatic heterocycles. The SMILES string of the molecule is CCCN(C(C)=O)C(C(=O)O)c1ccc(C(F)(F)F)cc1. The predicted octanol–water partition coefficient (Wildman–Crippen LogP) is 3.09. The number of alkyl halides is 3. The lowest BCUT2D eigenvalue weighted by atomic mass is 10.0. The van der Waals surface area contributed by atoms with Crippen molar-refractivity contribution in [1.29, 1.82) is 0 Å². The van der Waals surface area contributed by atoms with E-state index in [9.17, 15) is 27.9 Å². The first-order chi connectivity index (χ1) is 9.68. The van der Waals surface area contributed by atoms with Gasteiger partial charge in [-0.15, -0.1) is 0 Å². The zero-order valence-corrected chi connectivity index (χ0v) is 11.6. The van der Waals surface area contributed by atoms with Crippen molar-refractivity contribution < 1.29 is 27.9 Å². The number of carbonyl (C=O) groups is 2. The largest absolute Gasteiger partial charge is 0.479 e. The number of nitrogens with zero attached hydrogens (tertiary/aromatic N) is 1. The highest BCUT2D eigenvalue weighted by atomic mass is 19.4. The van der Waals surface area contributed by atoms with Gasteiger partial charge in [-0.1, -0.05) is 19.1 Å². The topological polar surface area (TPSA) is 57.6 Å². The summed E-state index contributed by atoms with van der Waals surface area (Å²) in [6, 6.07) is 2.52. The maximum Gasteiger partial charge on any atom is 0.416 e. The summed E-state index contributed by atoms with van der Waals surface area (Å²) in [5.41, 5.74) is -0.723. The summed E-state index contributed by atoms with van der Waals surface area (Å²) in [4.78, 5) is 24.1. The molecule has 0 radical (unpaired) electrons. The number of aliphatic carboxylic acids is 1. The summed E-state index contributed by atoms with van der Waals surface area (Å²) in [6.45, 7) is 3.23. The van der Waals surface area contributed by atoms with Gasteiger partial charge in [-0.05, 0) is 24.1 Å². The Morgan fingerprint density at radius 2 is 1.76 bits per heavy atom. The van der Waals surface area contributed by atoms with E-state index >= 15 is 0 Å². The smallest absolute Gasteiger partial charge is 0.416 e. The highest BCUT2D eigenvalue weighted by Crippen LogP contribution is 2.31. The minimum absolute atomic E-state index is 0.138. The molecule has 1 rings (SSSR count). The van der Waals surface area contributed by atoms with E-state index in [-0.39, 0.29) is 12.1 Å². The molecule has 4 nitrogen and oxygen atoms in total. The van der Waals surface area contributed by atoms with Crippen LogP contribution in [0.5, 0.6) is 0 Å². The Hall–Kier alpha value is -2.05. The average molecular weight is 303 g/mol. The number of hydrogen-bond donors (Lipinski definition) is 1. The van der Waals surface area contributed by atoms with Gasteiger partial charge in [0.2, 0.25) is 5.91 Å². The molecular formula is C14H16F3NO3. The van der Waals surface area contributed by atoms with Crippen molar-refractivity contribution in [2.75, 3.05) is 6.54 Å². The van der Waals surface area contributed by atoms with E-state index in [1.54, 1.807) is 6.92 Å². The summed E-state index contributed by atoms with van der Waals surface area (Å²) < 4.78 is 37.5. The molecule has 0 heterocycles. The van der Waals surface area contributed by atoms with Gasteiger partial charge < -0.3 is 10.0 Å². The van der Waals surface area contributed by atoms with E-state index in [2.05, 4.69) is 0 Å². The molecule has 0 saturated carbocycles. The van der Waals surface area contributed by atoms with Gasteiger partial charge in [-0.25, -0.2) is 4.79 Å². The second-order valence-corrected chi connectivity index (χ2v) is 4.57. The molecule has 21 heavy (non-hydrogen) atoms. The van der Waals surface area contributed by atoms with Crippen molar-refractivity contribution in [2.45, 2.75) is 32.5 Å². The number of amides is 1. The third kappa shape index (κ3) is 4.21. The van der Waals surface area contributed by atoms with E-state index in [0.29, 0.717) is 6.42 Å². The lowest BCUT2D eigenvalue weighted by Gasteiger charge is -2.28. The number of hydrogen-bond acceptors (Lipinski definition) is 2. The van der Waals surface area contributed by atoms with Crippen LogP contribution in [0.25, 0.3) is 0 Å². The van der Waals surface area contributed by atoms with Crippen LogP contribution in [0, 0.1) is 0 Å². The Labute approximate surface area is 120 Å². The van der Waals surface area contributed by atoms with Crippen LogP contribution < -0.4 is 0 Å². The molecule has 1 N–H and O–H groups in total. The van der Waals surface area contributed by atoms with Crippen molar-refractivity contribution in [1.82, 2.24) is 4.90 Å². The van der Waals surface area contributed by atoms with Gasteiger partial charge in [0.05, 0.1) is 5.56 Å². The van der Waals surface area contributed by atoms with E-state index in [1.807, 2.05) is 0 Å². The third-order valence-electron chi connectivity index (χ3n) is 2.97. The number of carboxylic acids is 1. The highest BCUT2D eigenvalue weighted by Gasteiger charge is 2.32. The number of carbonyl (C=O) groups excluding carboxylic acids is 1. The second-order valence-electron chi connectivity index (χ2n) is 4.57. The number of halogens is 3. The molecular weight excluding hydrogens is 287 g/mol. The van der Waals surface area contributed by atoms with E-state index in [4.69, 9.17) is 0 Å². The first-order valence-corrected chi connectivity index (χ1v) is 6.35. The summed E-state index contributed by atoms with van der Waals surface area (Å²) in [7, 11) is 0. The summed E-state index contributed by atoms with van der Waals surface area (Å²) in [6.07, 6.45) is -3.94. The van der Waals surface area contributed by atoms with Gasteiger partial charge in [0.1, 0.15) is 0 Å². The molecule has 1 amide bonds. The van der Waals surface area contributed by atoms with E-state index < -0.39 is 29.7 Å². The van der Waals surface area contributed by atoms with Crippen LogP contribution in [0.1, 0.15) is 37.4 Å². The fourth-order valence-electron chi connectivity index (χ4n) is 2.02. The van der Waals surface area contributed by atoms with Crippen LogP contribution in [0.2, 0.25) is 0 Å². The summed E-state index contributed by atoms with van der Waals surface area (Å²) >= 11 is 0. The fourth-order valence-corrected chi connectivity index (χ4v) is 2.02. The van der Waals surface area contributed by atoms with Crippen molar-refractivity contribution >= 4 is 11.9 Å². The Bertz CT molecular complexity index is 511. The average Bonchev–Trinajstić information content (AvgIpc) is 2.37. The molecule has 0 aliphatic rings. The minimum Gasteiger partial charge on any atom is -0.479 e. The van der Waals surface area contributed by atoms with Crippen molar-refractivity contribution in [3.05, 3.63) is 35.4 Å². The second kappa shape index (κ2) is 6.60. The minimum atomic E-state index is -4.49. The first kappa shape index (κ1) is 17.0. The Kier molecular flexibility index (Phi) is 5.34. The fraction of sp³-hybridized carbons (Fsp3) is 0.429. The summed E-state index contributed by atoms with van der Waals surface area (Å²) in [5.74, 6) is -1.72. The molecule has 1 aromatic rings. The predicted molar refractivity (Wildman–Crippen MR) is 69.5 cm³/mol. The van der Waals surface area contributed by atoms with Gasteiger partial charge in [-0.2, -0.15) is 13.2 Å². The van der Waals surface area contributed by atoms with Gasteiger partial charge in [-0.3, -0.25) is 4.79 Å². The normalized spacial score (nSPS) is 12.8. The molecule has 0 aliphatic carbocycles. The van der Waals surface area contributed by atoms with Gasteiger partial charge >= 0.3 is 12.1 Å². The molecule has 0 fully saturated rings. The van der Waals surface area contributed by atoms with E-state index in [0.717, 1.165) is 29.2 Å². The Morgan fingerprint density at radius 3 is 2.10 bits per heavy atom. The van der Waals surface area contributed by atoms with Crippen molar-refractivity contribution in [2.24, 2.45) is 0 Å². The third-order valence-corrected chi connectivity index (χ3v) is 2.97. The number of benzene rings is 1. The van der Waals surface area contributed by atoms with Gasteiger partial charge in [0.15, 0.2) is 6.04 Å². The first-order valence-electron chi connectivity index (χ1n) is 6.35. The number of rotatable bonds is 5. The zero-order valence-electron chi connectivity index (χ0n) is 11.6. The maximum atomic E-state index is 12.5. The standard InChI is InChI=1S/C14H16F3NO3/c1-3-8-18(9(2)19)12(13(20)21)10-4-6-11(7-5-10)14(15,16)17/h4-7,12H,3,8H2,1-2H3,(H,20,21). The Balaban J connectivity index is 3.17.